The molecule has 1 aliphatic heterocycles. The first-order chi connectivity index (χ1) is 15.8. The average Bonchev–Trinajstić information content (AvgIpc) is 3.07. The molecule has 1 atom stereocenters. The van der Waals surface area contributed by atoms with Crippen LogP contribution in [0.1, 0.15) is 17.2 Å². The van der Waals surface area contributed by atoms with Crippen LogP contribution >= 0.6 is 24.0 Å². The summed E-state index contributed by atoms with van der Waals surface area (Å²) >= 11 is 6.04. The molecule has 2 aromatic heterocycles. The van der Waals surface area contributed by atoms with Gasteiger partial charge in [-0.05, 0) is 23.8 Å². The van der Waals surface area contributed by atoms with E-state index in [1.807, 2.05) is 18.2 Å². The molecule has 1 amide bonds. The van der Waals surface area contributed by atoms with Crippen LogP contribution in [-0.4, -0.2) is 53.8 Å². The molecule has 1 aliphatic rings. The number of aliphatic hydroxyl groups is 1. The highest BCUT2D eigenvalue weighted by atomic mass is 32.2. The highest BCUT2D eigenvalue weighted by Gasteiger charge is 2.34. The molecule has 1 unspecified atom stereocenters. The van der Waals surface area contributed by atoms with Gasteiger partial charge >= 0.3 is 5.97 Å². The van der Waals surface area contributed by atoms with Gasteiger partial charge in [0.15, 0.2) is 0 Å². The number of thioether (sulfide) groups is 1. The van der Waals surface area contributed by atoms with E-state index in [9.17, 15) is 19.5 Å². The maximum absolute atomic E-state index is 13.2. The summed E-state index contributed by atoms with van der Waals surface area (Å²) in [6.07, 6.45) is 2.05. The van der Waals surface area contributed by atoms with E-state index in [1.165, 1.54) is 10.5 Å². The summed E-state index contributed by atoms with van der Waals surface area (Å²) in [6.45, 7) is -0.494. The molecule has 1 aromatic carbocycles. The number of carboxylic acids is 1. The third-order valence-electron chi connectivity index (χ3n) is 4.86. The number of fused-ring (bicyclic) bond motifs is 1. The molecule has 3 aromatic rings. The predicted octanol–water partition coefficient (Wildman–Crippen LogP) is 2.13. The number of amides is 1. The van der Waals surface area contributed by atoms with Crippen molar-refractivity contribution in [3.8, 4) is 0 Å². The molecule has 33 heavy (non-hydrogen) atoms. The van der Waals surface area contributed by atoms with Gasteiger partial charge in [0.2, 0.25) is 0 Å². The number of aromatic nitrogens is 2. The predicted molar refractivity (Wildman–Crippen MR) is 129 cm³/mol. The number of benzene rings is 1. The van der Waals surface area contributed by atoms with Crippen LogP contribution in [0.25, 0.3) is 11.7 Å². The first-order valence-electron chi connectivity index (χ1n) is 9.80. The van der Waals surface area contributed by atoms with Gasteiger partial charge in [0, 0.05) is 12.7 Å². The molecule has 0 saturated carbocycles. The van der Waals surface area contributed by atoms with Crippen LogP contribution in [-0.2, 0) is 9.59 Å². The molecule has 0 bridgehead atoms. The van der Waals surface area contributed by atoms with E-state index in [4.69, 9.17) is 17.3 Å². The maximum atomic E-state index is 13.2. The number of thiocarbonyl (C=S) groups is 1. The van der Waals surface area contributed by atoms with Crippen LogP contribution in [0.4, 0.5) is 5.82 Å². The molecule has 0 spiro atoms. The molecule has 9 nitrogen and oxygen atoms in total. The number of anilines is 1. The van der Waals surface area contributed by atoms with Crippen molar-refractivity contribution in [1.29, 1.82) is 0 Å². The van der Waals surface area contributed by atoms with Gasteiger partial charge in [0.1, 0.15) is 22.3 Å². The molecule has 11 heteroatoms. The molecule has 0 aliphatic carbocycles. The fraction of sp³-hybridized carbons (Fsp3) is 0.136. The van der Waals surface area contributed by atoms with E-state index < -0.39 is 30.1 Å². The molecule has 4 rings (SSSR count). The zero-order valence-corrected chi connectivity index (χ0v) is 18.7. The number of aliphatic hydroxyl groups excluding tert-OH is 1. The number of carbonyl (C=O) groups excluding carboxylic acids is 1. The minimum absolute atomic E-state index is 0.0697. The minimum atomic E-state index is -1.20. The SMILES string of the molecule is O=C(O)CN1C(=O)C(=Cc2c(NCC(O)c3ccccc3)nc3ccccn3c2=O)SC1=S. The van der Waals surface area contributed by atoms with Gasteiger partial charge in [0.25, 0.3) is 11.5 Å². The number of carbonyl (C=O) groups is 2. The summed E-state index contributed by atoms with van der Waals surface area (Å²) in [5, 5.41) is 22.5. The van der Waals surface area contributed by atoms with E-state index in [2.05, 4.69) is 10.3 Å². The number of aliphatic carboxylic acids is 1. The average molecular weight is 483 g/mol. The number of pyridine rings is 1. The van der Waals surface area contributed by atoms with Gasteiger partial charge < -0.3 is 15.5 Å². The molecule has 0 radical (unpaired) electrons. The standard InChI is InChI=1S/C22H18N4O5S2/c27-15(13-6-2-1-3-7-13)11-23-19-14(20(30)25-9-5-4-8-17(25)24-19)10-16-21(31)26(12-18(28)29)22(32)33-16/h1-10,15,23,27H,11-12H2,(H,28,29). The lowest BCUT2D eigenvalue weighted by molar-refractivity contribution is -0.140. The molecule has 168 valence electrons. The lowest BCUT2D eigenvalue weighted by Gasteiger charge is -2.15. The number of carboxylic acid groups (broad SMARTS) is 1. The lowest BCUT2D eigenvalue weighted by atomic mass is 10.1. The van der Waals surface area contributed by atoms with E-state index >= 15 is 0 Å². The van der Waals surface area contributed by atoms with Crippen molar-refractivity contribution < 1.29 is 19.8 Å². The Labute approximate surface area is 197 Å². The fourth-order valence-corrected chi connectivity index (χ4v) is 4.49. The number of hydrogen-bond acceptors (Lipinski definition) is 8. The fourth-order valence-electron chi connectivity index (χ4n) is 3.26. The van der Waals surface area contributed by atoms with Gasteiger partial charge in [-0.3, -0.25) is 23.7 Å². The van der Waals surface area contributed by atoms with Crippen molar-refractivity contribution in [3.05, 3.63) is 81.1 Å². The van der Waals surface area contributed by atoms with Crippen molar-refractivity contribution in [2.75, 3.05) is 18.4 Å². The highest BCUT2D eigenvalue weighted by Crippen LogP contribution is 2.33. The van der Waals surface area contributed by atoms with Crippen molar-refractivity contribution in [3.63, 3.8) is 0 Å². The zero-order valence-electron chi connectivity index (χ0n) is 17.0. The van der Waals surface area contributed by atoms with Crippen LogP contribution in [0, 0.1) is 0 Å². The molecule has 1 saturated heterocycles. The Morgan fingerprint density at radius 1 is 1.18 bits per heavy atom. The summed E-state index contributed by atoms with van der Waals surface area (Å²) in [5.74, 6) is -1.61. The van der Waals surface area contributed by atoms with E-state index in [-0.39, 0.29) is 27.2 Å². The van der Waals surface area contributed by atoms with E-state index in [0.29, 0.717) is 11.2 Å². The number of nitrogens with zero attached hydrogens (tertiary/aromatic N) is 3. The zero-order chi connectivity index (χ0) is 23.5. The van der Waals surface area contributed by atoms with Crippen LogP contribution in [0.2, 0.25) is 0 Å². The topological polar surface area (TPSA) is 124 Å². The minimum Gasteiger partial charge on any atom is -0.480 e. The number of rotatable bonds is 7. The number of nitrogens with one attached hydrogen (secondary N) is 1. The Morgan fingerprint density at radius 3 is 2.64 bits per heavy atom. The molecular formula is C22H18N4O5S2. The summed E-state index contributed by atoms with van der Waals surface area (Å²) < 4.78 is 1.43. The molecule has 3 heterocycles. The van der Waals surface area contributed by atoms with Crippen molar-refractivity contribution >= 4 is 57.7 Å². The summed E-state index contributed by atoms with van der Waals surface area (Å²) in [5.41, 5.74) is 0.740. The van der Waals surface area contributed by atoms with Crippen LogP contribution in [0.5, 0.6) is 0 Å². The van der Waals surface area contributed by atoms with Crippen molar-refractivity contribution in [1.82, 2.24) is 14.3 Å². The lowest BCUT2D eigenvalue weighted by Crippen LogP contribution is -2.33. The third-order valence-corrected chi connectivity index (χ3v) is 6.24. The Morgan fingerprint density at radius 2 is 1.91 bits per heavy atom. The monoisotopic (exact) mass is 482 g/mol. The Bertz CT molecular complexity index is 1340. The maximum Gasteiger partial charge on any atom is 0.323 e. The molecular weight excluding hydrogens is 464 g/mol. The summed E-state index contributed by atoms with van der Waals surface area (Å²) in [7, 11) is 0. The van der Waals surface area contributed by atoms with Crippen molar-refractivity contribution in [2.45, 2.75) is 6.10 Å². The molecule has 3 N–H and O–H groups in total. The van der Waals surface area contributed by atoms with E-state index in [1.54, 1.807) is 36.5 Å². The molecule has 1 fully saturated rings. The largest absolute Gasteiger partial charge is 0.480 e. The van der Waals surface area contributed by atoms with Crippen LogP contribution in [0.3, 0.4) is 0 Å². The summed E-state index contributed by atoms with van der Waals surface area (Å²) in [4.78, 5) is 42.5. The van der Waals surface area contributed by atoms with Crippen molar-refractivity contribution in [2.24, 2.45) is 0 Å². The second kappa shape index (κ2) is 9.53. The summed E-state index contributed by atoms with van der Waals surface area (Å²) in [6, 6.07) is 14.1. The number of hydrogen-bond donors (Lipinski definition) is 3. The Balaban J connectivity index is 1.72. The first-order valence-corrected chi connectivity index (χ1v) is 11.0. The second-order valence-electron chi connectivity index (χ2n) is 7.08. The highest BCUT2D eigenvalue weighted by molar-refractivity contribution is 8.26. The van der Waals surface area contributed by atoms with Gasteiger partial charge in [0.05, 0.1) is 16.6 Å². The van der Waals surface area contributed by atoms with Gasteiger partial charge in [-0.15, -0.1) is 0 Å². The van der Waals surface area contributed by atoms with Crippen LogP contribution in [0.15, 0.2) is 64.4 Å². The van der Waals surface area contributed by atoms with Gasteiger partial charge in [-0.2, -0.15) is 0 Å². The smallest absolute Gasteiger partial charge is 0.323 e. The van der Waals surface area contributed by atoms with Gasteiger partial charge in [-0.25, -0.2) is 4.98 Å². The Kier molecular flexibility index (Phi) is 6.54. The Hall–Kier alpha value is -3.54. The van der Waals surface area contributed by atoms with E-state index in [0.717, 1.165) is 16.7 Å². The van der Waals surface area contributed by atoms with Gasteiger partial charge in [-0.1, -0.05) is 60.4 Å². The normalized spacial score (nSPS) is 15.9. The first kappa shape index (κ1) is 22.6. The third kappa shape index (κ3) is 4.80. The quantitative estimate of drug-likeness (QED) is 0.343. The van der Waals surface area contributed by atoms with Crippen LogP contribution < -0.4 is 10.9 Å². The second-order valence-corrected chi connectivity index (χ2v) is 8.75.